The molecule has 0 aromatic carbocycles. The first-order valence-corrected chi connectivity index (χ1v) is 7.47. The Bertz CT molecular complexity index is 568. The van der Waals surface area contributed by atoms with Crippen molar-refractivity contribution in [2.24, 2.45) is 4.99 Å². The number of thiazole rings is 1. The summed E-state index contributed by atoms with van der Waals surface area (Å²) in [6.45, 7) is 3.94. The van der Waals surface area contributed by atoms with Crippen LogP contribution in [0.25, 0.3) is 0 Å². The lowest BCUT2D eigenvalue weighted by atomic mass is 10.5. The molecule has 0 fully saturated rings. The molecule has 128 valence electrons. The van der Waals surface area contributed by atoms with Crippen LogP contribution in [-0.4, -0.2) is 48.9 Å². The molecule has 1 amide bonds. The Labute approximate surface area is 136 Å². The fourth-order valence-corrected chi connectivity index (χ4v) is 2.05. The van der Waals surface area contributed by atoms with Gasteiger partial charge in [-0.3, -0.25) is 4.79 Å². The van der Waals surface area contributed by atoms with Gasteiger partial charge in [-0.05, 0) is 0 Å². The quantitative estimate of drug-likeness (QED) is 0.464. The van der Waals surface area contributed by atoms with Gasteiger partial charge in [0.1, 0.15) is 11.6 Å². The largest absolute Gasteiger partial charge is 0.434 e. The number of hydrogen-bond donors (Lipinski definition) is 2. The zero-order chi connectivity index (χ0) is 17.5. The number of guanidine groups is 1. The maximum atomic E-state index is 12.5. The molecule has 1 heterocycles. The Morgan fingerprint density at radius 1 is 1.48 bits per heavy atom. The molecule has 0 saturated heterocycles. The van der Waals surface area contributed by atoms with E-state index in [0.29, 0.717) is 12.5 Å². The number of halogens is 3. The van der Waals surface area contributed by atoms with Crippen LogP contribution in [0.2, 0.25) is 0 Å². The summed E-state index contributed by atoms with van der Waals surface area (Å²) in [5.41, 5.74) is -0.917. The third-order valence-corrected chi connectivity index (χ3v) is 3.38. The van der Waals surface area contributed by atoms with Crippen LogP contribution in [0.4, 0.5) is 13.2 Å². The van der Waals surface area contributed by atoms with Gasteiger partial charge in [0.25, 0.3) is 0 Å². The molecular weight excluding hydrogens is 331 g/mol. The highest BCUT2D eigenvalue weighted by Gasteiger charge is 2.33. The van der Waals surface area contributed by atoms with Crippen LogP contribution in [0.3, 0.4) is 0 Å². The number of carbonyl (C=O) groups excluding carboxylic acids is 1. The number of hydrogen-bond acceptors (Lipinski definition) is 4. The molecule has 0 aliphatic heterocycles. The lowest BCUT2D eigenvalue weighted by molar-refractivity contribution is -0.140. The molecular formula is C13H18F3N5OS. The van der Waals surface area contributed by atoms with E-state index in [9.17, 15) is 18.0 Å². The van der Waals surface area contributed by atoms with E-state index in [-0.39, 0.29) is 24.0 Å². The van der Waals surface area contributed by atoms with Gasteiger partial charge in [-0.25, -0.2) is 9.98 Å². The molecule has 6 nitrogen and oxygen atoms in total. The molecule has 0 aliphatic rings. The van der Waals surface area contributed by atoms with Crippen LogP contribution in [0, 0.1) is 0 Å². The number of likely N-dealkylation sites (N-methyl/N-ethyl adjacent to an activating group) is 1. The molecule has 0 bridgehead atoms. The van der Waals surface area contributed by atoms with Crippen molar-refractivity contribution in [1.29, 1.82) is 0 Å². The normalized spacial score (nSPS) is 12.0. The summed E-state index contributed by atoms with van der Waals surface area (Å²) in [6, 6.07) is 0. The van der Waals surface area contributed by atoms with Gasteiger partial charge in [0.15, 0.2) is 11.7 Å². The Hall–Kier alpha value is -2.10. The molecule has 0 spiro atoms. The van der Waals surface area contributed by atoms with Gasteiger partial charge >= 0.3 is 6.18 Å². The Kier molecular flexibility index (Phi) is 7.01. The van der Waals surface area contributed by atoms with E-state index in [1.165, 1.54) is 4.90 Å². The average molecular weight is 349 g/mol. The first kappa shape index (κ1) is 18.9. The standard InChI is InChI=1S/C13H18F3N5OS/c1-4-5-17-12(19-7-11(22)21(2)3)18-6-10-20-9(8-23-10)13(14,15)16/h4,8H,1,5-7H2,2-3H3,(H2,17,18,19). The second kappa shape index (κ2) is 8.51. The number of nitrogens with one attached hydrogen (secondary N) is 2. The molecule has 23 heavy (non-hydrogen) atoms. The van der Waals surface area contributed by atoms with Crippen LogP contribution < -0.4 is 10.6 Å². The van der Waals surface area contributed by atoms with Crippen LogP contribution in [-0.2, 0) is 17.5 Å². The van der Waals surface area contributed by atoms with Gasteiger partial charge in [0.2, 0.25) is 5.91 Å². The summed E-state index contributed by atoms with van der Waals surface area (Å²) in [6.07, 6.45) is -2.86. The topological polar surface area (TPSA) is 69.6 Å². The second-order valence-electron chi connectivity index (χ2n) is 4.60. The molecule has 0 aliphatic carbocycles. The van der Waals surface area contributed by atoms with Crippen LogP contribution in [0.5, 0.6) is 0 Å². The highest BCUT2D eigenvalue weighted by atomic mass is 32.1. The summed E-state index contributed by atoms with van der Waals surface area (Å²) in [4.78, 5) is 20.5. The van der Waals surface area contributed by atoms with Crippen molar-refractivity contribution in [2.75, 3.05) is 27.2 Å². The highest BCUT2D eigenvalue weighted by Crippen LogP contribution is 2.29. The number of rotatable bonds is 6. The lowest BCUT2D eigenvalue weighted by Crippen LogP contribution is -2.38. The van der Waals surface area contributed by atoms with Gasteiger partial charge in [-0.2, -0.15) is 13.2 Å². The fourth-order valence-electron chi connectivity index (χ4n) is 1.31. The predicted molar refractivity (Wildman–Crippen MR) is 83.2 cm³/mol. The summed E-state index contributed by atoms with van der Waals surface area (Å²) in [5.74, 6) is 0.0992. The van der Waals surface area contributed by atoms with Crippen molar-refractivity contribution in [1.82, 2.24) is 20.5 Å². The molecule has 0 radical (unpaired) electrons. The summed E-state index contributed by atoms with van der Waals surface area (Å²) >= 11 is 0.900. The number of alkyl halides is 3. The third kappa shape index (κ3) is 6.68. The van der Waals surface area contributed by atoms with E-state index in [0.717, 1.165) is 16.7 Å². The first-order valence-electron chi connectivity index (χ1n) is 6.59. The molecule has 1 rings (SSSR count). The maximum absolute atomic E-state index is 12.5. The van der Waals surface area contributed by atoms with Crippen molar-refractivity contribution in [3.8, 4) is 0 Å². The van der Waals surface area contributed by atoms with Crippen molar-refractivity contribution < 1.29 is 18.0 Å². The van der Waals surface area contributed by atoms with Crippen LogP contribution in [0.1, 0.15) is 10.7 Å². The Morgan fingerprint density at radius 3 is 2.70 bits per heavy atom. The number of aromatic nitrogens is 1. The van der Waals surface area contributed by atoms with Gasteiger partial charge in [-0.1, -0.05) is 6.08 Å². The number of nitrogens with zero attached hydrogens (tertiary/aromatic N) is 3. The van der Waals surface area contributed by atoms with Crippen LogP contribution in [0.15, 0.2) is 23.0 Å². The number of aliphatic imine (C=N–C) groups is 1. The van der Waals surface area contributed by atoms with Gasteiger partial charge in [0.05, 0.1) is 6.54 Å². The van der Waals surface area contributed by atoms with E-state index in [1.54, 1.807) is 20.2 Å². The van der Waals surface area contributed by atoms with Crippen LogP contribution >= 0.6 is 11.3 Å². The van der Waals surface area contributed by atoms with Gasteiger partial charge in [0, 0.05) is 26.0 Å². The van der Waals surface area contributed by atoms with Crippen molar-refractivity contribution in [3.63, 3.8) is 0 Å². The minimum Gasteiger partial charge on any atom is -0.353 e. The zero-order valence-electron chi connectivity index (χ0n) is 12.8. The van der Waals surface area contributed by atoms with Crippen molar-refractivity contribution >= 4 is 23.2 Å². The van der Waals surface area contributed by atoms with E-state index in [2.05, 4.69) is 27.2 Å². The summed E-state index contributed by atoms with van der Waals surface area (Å²) in [7, 11) is 3.21. The van der Waals surface area contributed by atoms with E-state index >= 15 is 0 Å². The SMILES string of the molecule is C=CCNC(=NCC(=O)N(C)C)NCc1nc(C(F)(F)F)cs1. The maximum Gasteiger partial charge on any atom is 0.434 e. The molecule has 10 heteroatoms. The van der Waals surface area contributed by atoms with Gasteiger partial charge < -0.3 is 15.5 Å². The molecule has 0 unspecified atom stereocenters. The molecule has 1 aromatic heterocycles. The van der Waals surface area contributed by atoms with Crippen molar-refractivity contribution in [2.45, 2.75) is 12.7 Å². The van der Waals surface area contributed by atoms with Crippen molar-refractivity contribution in [3.05, 3.63) is 28.7 Å². The third-order valence-electron chi connectivity index (χ3n) is 2.53. The van der Waals surface area contributed by atoms with E-state index in [1.807, 2.05) is 0 Å². The second-order valence-corrected chi connectivity index (χ2v) is 5.54. The first-order chi connectivity index (χ1) is 10.7. The number of carbonyl (C=O) groups is 1. The molecule has 1 aromatic rings. The van der Waals surface area contributed by atoms with E-state index < -0.39 is 11.9 Å². The minimum absolute atomic E-state index is 0.0693. The molecule has 0 saturated carbocycles. The predicted octanol–water partition coefficient (Wildman–Crippen LogP) is 1.47. The fraction of sp³-hybridized carbons (Fsp3) is 0.462. The highest BCUT2D eigenvalue weighted by molar-refractivity contribution is 7.09. The number of amides is 1. The average Bonchev–Trinajstić information content (AvgIpc) is 2.95. The minimum atomic E-state index is -4.45. The lowest BCUT2D eigenvalue weighted by Gasteiger charge is -2.12. The molecule has 0 atom stereocenters. The summed E-state index contributed by atoms with van der Waals surface area (Å²) < 4.78 is 37.5. The smallest absolute Gasteiger partial charge is 0.353 e. The van der Waals surface area contributed by atoms with Gasteiger partial charge in [-0.15, -0.1) is 17.9 Å². The zero-order valence-corrected chi connectivity index (χ0v) is 13.6. The summed E-state index contributed by atoms with van der Waals surface area (Å²) in [5, 5.41) is 6.93. The Balaban J connectivity index is 2.66. The molecule has 2 N–H and O–H groups in total. The van der Waals surface area contributed by atoms with E-state index in [4.69, 9.17) is 0 Å². The monoisotopic (exact) mass is 349 g/mol. The Morgan fingerprint density at radius 2 is 2.17 bits per heavy atom.